The third-order valence-electron chi connectivity index (χ3n) is 4.85. The molecule has 2 atom stereocenters. The third-order valence-corrected chi connectivity index (χ3v) is 4.85. The van der Waals surface area contributed by atoms with Crippen LogP contribution in [0.15, 0.2) is 42.5 Å². The Bertz CT molecular complexity index is 954. The van der Waals surface area contributed by atoms with E-state index in [4.69, 9.17) is 10.00 Å². The number of rotatable bonds is 6. The van der Waals surface area contributed by atoms with Crippen molar-refractivity contribution >= 4 is 0 Å². The summed E-state index contributed by atoms with van der Waals surface area (Å²) in [6.45, 7) is -0.679. The molecule has 1 heterocycles. The lowest BCUT2D eigenvalue weighted by Gasteiger charge is -2.18. The quantitative estimate of drug-likeness (QED) is 0.586. The summed E-state index contributed by atoms with van der Waals surface area (Å²) in [7, 11) is 0. The van der Waals surface area contributed by atoms with Gasteiger partial charge in [0.05, 0.1) is 23.2 Å². The predicted octanol–water partition coefficient (Wildman–Crippen LogP) is 4.11. The van der Waals surface area contributed by atoms with Crippen molar-refractivity contribution < 1.29 is 31.1 Å². The summed E-state index contributed by atoms with van der Waals surface area (Å²) in [6, 6.07) is 9.27. The number of halogens is 6. The van der Waals surface area contributed by atoms with E-state index in [1.54, 1.807) is 18.2 Å². The first-order valence-corrected chi connectivity index (χ1v) is 9.23. The van der Waals surface area contributed by atoms with Gasteiger partial charge in [0.15, 0.2) is 0 Å². The van der Waals surface area contributed by atoms with E-state index < -0.39 is 41.7 Å². The van der Waals surface area contributed by atoms with E-state index in [2.05, 4.69) is 22.5 Å². The lowest BCUT2D eigenvalue weighted by Crippen LogP contribution is -2.33. The smallest absolute Gasteiger partial charge is 0.416 e. The Kier molecular flexibility index (Phi) is 6.74. The highest BCUT2D eigenvalue weighted by molar-refractivity contribution is 5.37. The molecule has 3 rings (SSSR count). The molecule has 0 aliphatic carbocycles. The van der Waals surface area contributed by atoms with Gasteiger partial charge in [-0.15, -0.1) is 0 Å². The summed E-state index contributed by atoms with van der Waals surface area (Å²) in [6.07, 6.45) is -8.65. The molecule has 5 nitrogen and oxygen atoms in total. The number of hydrazine groups is 2. The SMILES string of the molecule is N#CC1NNNC1CCc1ccccc1OCc1cc(C(F)(F)F)ccc1C(F)(F)F. The van der Waals surface area contributed by atoms with Crippen LogP contribution in [0.4, 0.5) is 26.3 Å². The van der Waals surface area contributed by atoms with Crippen LogP contribution in [0.1, 0.15) is 28.7 Å². The van der Waals surface area contributed by atoms with Gasteiger partial charge in [-0.3, -0.25) is 0 Å². The number of alkyl halides is 6. The molecule has 31 heavy (non-hydrogen) atoms. The van der Waals surface area contributed by atoms with E-state index in [-0.39, 0.29) is 11.8 Å². The van der Waals surface area contributed by atoms with Crippen molar-refractivity contribution in [2.24, 2.45) is 0 Å². The van der Waals surface area contributed by atoms with Crippen LogP contribution in [-0.2, 0) is 25.4 Å². The Morgan fingerprint density at radius 2 is 1.68 bits per heavy atom. The van der Waals surface area contributed by atoms with Crippen LogP contribution < -0.4 is 21.1 Å². The second-order valence-electron chi connectivity index (χ2n) is 6.93. The van der Waals surface area contributed by atoms with Gasteiger partial charge in [-0.2, -0.15) is 37.1 Å². The van der Waals surface area contributed by atoms with E-state index in [1.807, 2.05) is 0 Å². The molecule has 2 aromatic rings. The largest absolute Gasteiger partial charge is 0.489 e. The van der Waals surface area contributed by atoms with Gasteiger partial charge in [0.1, 0.15) is 18.4 Å². The van der Waals surface area contributed by atoms with Crippen molar-refractivity contribution in [2.45, 2.75) is 43.9 Å². The molecule has 1 saturated heterocycles. The second kappa shape index (κ2) is 9.13. The van der Waals surface area contributed by atoms with Crippen molar-refractivity contribution in [3.05, 3.63) is 64.7 Å². The first kappa shape index (κ1) is 22.9. The number of benzene rings is 2. The minimum atomic E-state index is -4.82. The number of aryl methyl sites for hydroxylation is 1. The number of para-hydroxylation sites is 1. The fourth-order valence-corrected chi connectivity index (χ4v) is 3.24. The standard InChI is InChI=1S/C20H18F6N4O/c21-19(22,23)14-6-7-15(20(24,25)26)13(9-14)11-31-18-4-2-1-3-12(18)5-8-16-17(10-27)29-30-28-16/h1-4,6-7,9,16-17,28-30H,5,8,11H2. The maximum absolute atomic E-state index is 13.3. The molecule has 1 aliphatic rings. The van der Waals surface area contributed by atoms with E-state index in [0.717, 1.165) is 0 Å². The zero-order valence-electron chi connectivity index (χ0n) is 15.9. The summed E-state index contributed by atoms with van der Waals surface area (Å²) in [5.41, 5.74) is 5.99. The van der Waals surface area contributed by atoms with Gasteiger partial charge >= 0.3 is 12.4 Å². The molecule has 0 aromatic heterocycles. The molecule has 1 aliphatic heterocycles. The summed E-state index contributed by atoms with van der Waals surface area (Å²) < 4.78 is 84.2. The number of nitrogens with one attached hydrogen (secondary N) is 3. The van der Waals surface area contributed by atoms with Gasteiger partial charge in [-0.05, 0) is 42.7 Å². The average Bonchev–Trinajstić information content (AvgIpc) is 3.17. The first-order valence-electron chi connectivity index (χ1n) is 9.23. The van der Waals surface area contributed by atoms with E-state index in [9.17, 15) is 26.3 Å². The molecule has 2 unspecified atom stereocenters. The molecular formula is C20H18F6N4O. The Balaban J connectivity index is 1.78. The first-order chi connectivity index (χ1) is 14.6. The highest BCUT2D eigenvalue weighted by Crippen LogP contribution is 2.37. The number of nitriles is 1. The second-order valence-corrected chi connectivity index (χ2v) is 6.93. The van der Waals surface area contributed by atoms with Crippen molar-refractivity contribution in [1.82, 2.24) is 16.4 Å². The van der Waals surface area contributed by atoms with E-state index in [1.165, 1.54) is 6.07 Å². The molecular weight excluding hydrogens is 426 g/mol. The molecule has 0 radical (unpaired) electrons. The van der Waals surface area contributed by atoms with Crippen LogP contribution in [0.2, 0.25) is 0 Å². The topological polar surface area (TPSA) is 69.1 Å². The van der Waals surface area contributed by atoms with Crippen LogP contribution in [0.25, 0.3) is 0 Å². The highest BCUT2D eigenvalue weighted by Gasteiger charge is 2.37. The van der Waals surface area contributed by atoms with Crippen LogP contribution in [0.5, 0.6) is 5.75 Å². The Labute approximate surface area is 173 Å². The lowest BCUT2D eigenvalue weighted by molar-refractivity contribution is -0.142. The number of hydrogen-bond acceptors (Lipinski definition) is 5. The zero-order valence-corrected chi connectivity index (χ0v) is 15.9. The summed E-state index contributed by atoms with van der Waals surface area (Å²) in [5.74, 6) is 0.264. The van der Waals surface area contributed by atoms with Gasteiger partial charge in [0, 0.05) is 5.56 Å². The van der Waals surface area contributed by atoms with Gasteiger partial charge in [0.25, 0.3) is 0 Å². The number of hydrogen-bond donors (Lipinski definition) is 3. The van der Waals surface area contributed by atoms with Crippen molar-refractivity contribution in [1.29, 1.82) is 5.26 Å². The monoisotopic (exact) mass is 444 g/mol. The van der Waals surface area contributed by atoms with Crippen molar-refractivity contribution in [3.63, 3.8) is 0 Å². The Morgan fingerprint density at radius 1 is 0.935 bits per heavy atom. The minimum absolute atomic E-state index is 0.210. The molecule has 0 spiro atoms. The van der Waals surface area contributed by atoms with Crippen LogP contribution in [0.3, 0.4) is 0 Å². The van der Waals surface area contributed by atoms with Gasteiger partial charge in [-0.25, -0.2) is 10.9 Å². The van der Waals surface area contributed by atoms with Crippen LogP contribution in [-0.4, -0.2) is 12.1 Å². The van der Waals surface area contributed by atoms with Gasteiger partial charge < -0.3 is 4.74 Å². The molecule has 3 N–H and O–H groups in total. The minimum Gasteiger partial charge on any atom is -0.489 e. The fourth-order valence-electron chi connectivity index (χ4n) is 3.24. The Hall–Kier alpha value is -2.81. The highest BCUT2D eigenvalue weighted by atomic mass is 19.4. The van der Waals surface area contributed by atoms with E-state index in [0.29, 0.717) is 36.6 Å². The summed E-state index contributed by atoms with van der Waals surface area (Å²) in [4.78, 5) is 0. The van der Waals surface area contributed by atoms with Crippen molar-refractivity contribution in [3.8, 4) is 11.8 Å². The maximum Gasteiger partial charge on any atom is 0.416 e. The zero-order chi connectivity index (χ0) is 22.6. The normalized spacial score (nSPS) is 19.3. The average molecular weight is 444 g/mol. The number of ether oxygens (including phenoxy) is 1. The fraction of sp³-hybridized carbons (Fsp3) is 0.350. The molecule has 0 amide bonds. The number of nitrogens with zero attached hydrogens (tertiary/aromatic N) is 1. The molecule has 11 heteroatoms. The van der Waals surface area contributed by atoms with Crippen LogP contribution >= 0.6 is 0 Å². The lowest BCUT2D eigenvalue weighted by atomic mass is 10.0. The molecule has 0 bridgehead atoms. The predicted molar refractivity (Wildman–Crippen MR) is 98.1 cm³/mol. The van der Waals surface area contributed by atoms with Gasteiger partial charge in [0.2, 0.25) is 0 Å². The molecule has 2 aromatic carbocycles. The Morgan fingerprint density at radius 3 is 2.35 bits per heavy atom. The van der Waals surface area contributed by atoms with Crippen molar-refractivity contribution in [2.75, 3.05) is 0 Å². The molecule has 1 fully saturated rings. The van der Waals surface area contributed by atoms with Crippen LogP contribution in [0, 0.1) is 11.3 Å². The molecule has 0 saturated carbocycles. The molecule has 166 valence electrons. The maximum atomic E-state index is 13.3. The summed E-state index contributed by atoms with van der Waals surface area (Å²) in [5, 5.41) is 9.08. The van der Waals surface area contributed by atoms with E-state index >= 15 is 0 Å². The third kappa shape index (κ3) is 5.66. The summed E-state index contributed by atoms with van der Waals surface area (Å²) >= 11 is 0. The van der Waals surface area contributed by atoms with Gasteiger partial charge in [-0.1, -0.05) is 18.2 Å².